The highest BCUT2D eigenvalue weighted by Gasteiger charge is 2.26. The molecule has 3 heterocycles. The number of benzene rings is 1. The van der Waals surface area contributed by atoms with Gasteiger partial charge < -0.3 is 9.64 Å². The van der Waals surface area contributed by atoms with Gasteiger partial charge in [0.15, 0.2) is 0 Å². The van der Waals surface area contributed by atoms with Crippen molar-refractivity contribution in [1.29, 1.82) is 0 Å². The summed E-state index contributed by atoms with van der Waals surface area (Å²) in [6, 6.07) is 13.0. The summed E-state index contributed by atoms with van der Waals surface area (Å²) in [7, 11) is 0. The lowest BCUT2D eigenvalue weighted by atomic mass is 10.0. The summed E-state index contributed by atoms with van der Waals surface area (Å²) < 4.78 is 7.50. The topological polar surface area (TPSA) is 31.8 Å². The van der Waals surface area contributed by atoms with Crippen LogP contribution in [0.2, 0.25) is 0 Å². The molecule has 6 heteroatoms. The fraction of sp³-hybridized carbons (Fsp3) is 0.500. The van der Waals surface area contributed by atoms with E-state index in [1.807, 2.05) is 20.0 Å². The van der Waals surface area contributed by atoms with Gasteiger partial charge in [0, 0.05) is 79.7 Å². The predicted molar refractivity (Wildman–Crippen MR) is 173 cm³/mol. The number of hydrogen-bond donors (Lipinski definition) is 0. The number of ether oxygens (including phenoxy) is 1. The van der Waals surface area contributed by atoms with Crippen molar-refractivity contribution < 1.29 is 4.74 Å². The van der Waals surface area contributed by atoms with E-state index in [1.165, 1.54) is 35.2 Å². The van der Waals surface area contributed by atoms with E-state index in [0.717, 1.165) is 81.0 Å². The average Bonchev–Trinajstić information content (AvgIpc) is 3.15. The van der Waals surface area contributed by atoms with E-state index in [2.05, 4.69) is 93.0 Å². The van der Waals surface area contributed by atoms with Crippen LogP contribution in [-0.2, 0) is 11.2 Å². The van der Waals surface area contributed by atoms with Crippen LogP contribution in [0.5, 0.6) is 0 Å². The molecular weight excluding hydrogens is 560 g/mol. The van der Waals surface area contributed by atoms with Crippen molar-refractivity contribution in [2.75, 3.05) is 57.4 Å². The summed E-state index contributed by atoms with van der Waals surface area (Å²) >= 11 is 3.55. The van der Waals surface area contributed by atoms with Gasteiger partial charge in [-0.1, -0.05) is 67.8 Å². The van der Waals surface area contributed by atoms with Crippen LogP contribution in [0, 0.1) is 0 Å². The summed E-state index contributed by atoms with van der Waals surface area (Å²) in [4.78, 5) is 12.3. The number of allylic oxidation sites excluding steroid dienone is 2. The van der Waals surface area contributed by atoms with Crippen LogP contribution in [0.15, 0.2) is 76.1 Å². The van der Waals surface area contributed by atoms with Crippen LogP contribution in [0.3, 0.4) is 0 Å². The summed E-state index contributed by atoms with van der Waals surface area (Å²) in [5, 5.41) is 0. The van der Waals surface area contributed by atoms with Crippen LogP contribution >= 0.6 is 15.9 Å². The molecule has 0 unspecified atom stereocenters. The molecule has 2 aliphatic heterocycles. The van der Waals surface area contributed by atoms with Crippen LogP contribution in [-0.4, -0.2) is 67.3 Å². The molecule has 1 aromatic heterocycles. The third-order valence-electron chi connectivity index (χ3n) is 7.97. The van der Waals surface area contributed by atoms with Gasteiger partial charge in [-0.15, -0.1) is 0 Å². The number of piperazine rings is 1. The zero-order valence-electron chi connectivity index (χ0n) is 25.0. The number of nitrogens with zero attached hydrogens (tertiary/aromatic N) is 4. The maximum atomic E-state index is 6.37. The zero-order chi connectivity index (χ0) is 28.3. The van der Waals surface area contributed by atoms with Crippen LogP contribution < -0.4 is 4.90 Å². The molecule has 0 radical (unpaired) electrons. The van der Waals surface area contributed by atoms with Gasteiger partial charge in [0.05, 0.1) is 5.69 Å². The lowest BCUT2D eigenvalue weighted by Crippen LogP contribution is -2.46. The second-order valence-corrected chi connectivity index (χ2v) is 11.5. The van der Waals surface area contributed by atoms with Gasteiger partial charge >= 0.3 is 0 Å². The molecule has 40 heavy (non-hydrogen) atoms. The highest BCUT2D eigenvalue weighted by atomic mass is 79.9. The van der Waals surface area contributed by atoms with Crippen molar-refractivity contribution >= 4 is 27.2 Å². The highest BCUT2D eigenvalue weighted by Crippen LogP contribution is 2.32. The lowest BCUT2D eigenvalue weighted by molar-refractivity contribution is 0.0558. The number of hydrogen-bond acceptors (Lipinski definition) is 5. The third kappa shape index (κ3) is 8.08. The van der Waals surface area contributed by atoms with Gasteiger partial charge in [0.25, 0.3) is 0 Å². The normalized spacial score (nSPS) is 18.2. The fourth-order valence-electron chi connectivity index (χ4n) is 5.64. The summed E-state index contributed by atoms with van der Waals surface area (Å²) in [6.07, 6.45) is 12.2. The molecule has 0 bridgehead atoms. The molecule has 0 atom stereocenters. The Hall–Kier alpha value is -2.41. The number of aromatic nitrogens is 1. The molecule has 3 aliphatic rings. The Kier molecular flexibility index (Phi) is 11.9. The number of unbranched alkanes of at least 4 members (excludes halogenated alkanes) is 1. The molecule has 1 aromatic carbocycles. The molecular formula is C34H47BrN4O. The Morgan fingerprint density at radius 3 is 2.52 bits per heavy atom. The second-order valence-electron chi connectivity index (χ2n) is 10.6. The molecule has 216 valence electrons. The first-order valence-corrected chi connectivity index (χ1v) is 16.0. The predicted octanol–water partition coefficient (Wildman–Crippen LogP) is 7.70. The maximum Gasteiger partial charge on any atom is 0.141 e. The van der Waals surface area contributed by atoms with E-state index < -0.39 is 0 Å². The van der Waals surface area contributed by atoms with E-state index in [-0.39, 0.29) is 0 Å². The number of fused-ring (bicyclic) bond motifs is 1. The van der Waals surface area contributed by atoms with Crippen LogP contribution in [0.1, 0.15) is 64.6 Å². The first-order chi connectivity index (χ1) is 19.6. The highest BCUT2D eigenvalue weighted by molar-refractivity contribution is 9.10. The number of anilines is 1. The number of halogens is 1. The molecule has 0 spiro atoms. The third-order valence-corrected chi connectivity index (χ3v) is 8.50. The monoisotopic (exact) mass is 606 g/mol. The van der Waals surface area contributed by atoms with Gasteiger partial charge in [-0.3, -0.25) is 14.8 Å². The van der Waals surface area contributed by atoms with Crippen LogP contribution in [0.4, 0.5) is 5.69 Å². The Labute approximate surface area is 250 Å². The lowest BCUT2D eigenvalue weighted by Gasteiger charge is -2.36. The van der Waals surface area contributed by atoms with E-state index in [0.29, 0.717) is 6.73 Å². The van der Waals surface area contributed by atoms with E-state index in [9.17, 15) is 0 Å². The van der Waals surface area contributed by atoms with E-state index in [1.54, 1.807) is 5.57 Å². The minimum Gasteiger partial charge on any atom is -0.482 e. The molecule has 0 saturated carbocycles. The van der Waals surface area contributed by atoms with Crippen molar-refractivity contribution in [2.45, 2.75) is 59.8 Å². The van der Waals surface area contributed by atoms with Crippen molar-refractivity contribution in [2.24, 2.45) is 0 Å². The first-order valence-electron chi connectivity index (χ1n) is 15.3. The molecule has 0 N–H and O–H groups in total. The summed E-state index contributed by atoms with van der Waals surface area (Å²) in [5.41, 5.74) is 8.00. The van der Waals surface area contributed by atoms with E-state index in [4.69, 9.17) is 9.72 Å². The Bertz CT molecular complexity index is 1180. The SMILES string of the molecule is CC.CCC/C=C(\CC)CCN1COC2=C(C=C(CN3CCN(c4ccc(Br)cc4)CC3)c3cccnc3C2)C1. The van der Waals surface area contributed by atoms with Crippen LogP contribution in [0.25, 0.3) is 5.57 Å². The zero-order valence-corrected chi connectivity index (χ0v) is 26.5. The smallest absolute Gasteiger partial charge is 0.141 e. The quantitative estimate of drug-likeness (QED) is 0.273. The molecule has 0 amide bonds. The van der Waals surface area contributed by atoms with Crippen molar-refractivity contribution in [3.63, 3.8) is 0 Å². The van der Waals surface area contributed by atoms with Gasteiger partial charge in [0.1, 0.15) is 12.5 Å². The van der Waals surface area contributed by atoms with Crippen molar-refractivity contribution in [3.8, 4) is 0 Å². The number of pyridine rings is 1. The Morgan fingerprint density at radius 1 is 1.02 bits per heavy atom. The van der Waals surface area contributed by atoms with Crippen molar-refractivity contribution in [1.82, 2.24) is 14.8 Å². The standard InChI is InChI=1S/C32H41BrN4O.C2H6/c1-3-5-7-25(4-2)13-15-36-23-27-20-26(30-8-6-14-34-31(30)21-32(27)38-24-36)22-35-16-18-37(19-17-35)29-11-9-28(33)10-12-29;1-2/h6-12,14,20H,3-5,13,15-19,21-24H2,1-2H3;1-2H3/b25-7+;. The van der Waals surface area contributed by atoms with Gasteiger partial charge in [-0.25, -0.2) is 0 Å². The Morgan fingerprint density at radius 2 is 1.80 bits per heavy atom. The molecule has 1 aliphatic carbocycles. The maximum absolute atomic E-state index is 6.37. The molecule has 5 nitrogen and oxygen atoms in total. The minimum absolute atomic E-state index is 0.674. The minimum atomic E-state index is 0.674. The second kappa shape index (κ2) is 15.6. The largest absolute Gasteiger partial charge is 0.482 e. The molecule has 5 rings (SSSR count). The van der Waals surface area contributed by atoms with Gasteiger partial charge in [-0.2, -0.15) is 0 Å². The summed E-state index contributed by atoms with van der Waals surface area (Å²) in [5.74, 6) is 1.11. The van der Waals surface area contributed by atoms with Gasteiger partial charge in [-0.05, 0) is 61.2 Å². The Balaban J connectivity index is 0.00000181. The van der Waals surface area contributed by atoms with E-state index >= 15 is 0 Å². The molecule has 1 saturated heterocycles. The fourth-order valence-corrected chi connectivity index (χ4v) is 5.91. The first kappa shape index (κ1) is 30.5. The van der Waals surface area contributed by atoms with Gasteiger partial charge in [0.2, 0.25) is 0 Å². The molecule has 2 aromatic rings. The summed E-state index contributed by atoms with van der Waals surface area (Å²) in [6.45, 7) is 16.4. The van der Waals surface area contributed by atoms with Crippen molar-refractivity contribution in [3.05, 3.63) is 87.4 Å². The number of rotatable bonds is 9. The average molecular weight is 608 g/mol. The molecule has 1 fully saturated rings.